The number of fused-ring (bicyclic) bond motifs is 1. The minimum absolute atomic E-state index is 0.147. The predicted molar refractivity (Wildman–Crippen MR) is 137 cm³/mol. The molecule has 0 aliphatic heterocycles. The summed E-state index contributed by atoms with van der Waals surface area (Å²) >= 11 is 6.03. The summed E-state index contributed by atoms with van der Waals surface area (Å²) in [4.78, 5) is 21.5. The number of aromatic amines is 1. The number of nitrogens with one attached hydrogen (secondary N) is 1. The monoisotopic (exact) mass is 464 g/mol. The lowest BCUT2D eigenvalue weighted by Crippen LogP contribution is -2.04. The Kier molecular flexibility index (Phi) is 6.23. The number of halogens is 1. The number of hydrogen-bond acceptors (Lipinski definition) is 3. The quantitative estimate of drug-likeness (QED) is 0.204. The minimum atomic E-state index is -0.147. The van der Waals surface area contributed by atoms with Crippen molar-refractivity contribution in [2.75, 3.05) is 0 Å². The summed E-state index contributed by atoms with van der Waals surface area (Å²) in [5, 5.41) is 0.578. The summed E-state index contributed by atoms with van der Waals surface area (Å²) in [7, 11) is 0. The molecule has 0 radical (unpaired) electrons. The van der Waals surface area contributed by atoms with Crippen LogP contribution in [0.25, 0.3) is 22.7 Å². The van der Waals surface area contributed by atoms with Crippen molar-refractivity contribution in [3.63, 3.8) is 0 Å². The molecule has 0 aliphatic rings. The molecule has 0 unspecified atom stereocenters. The summed E-state index contributed by atoms with van der Waals surface area (Å²) in [5.41, 5.74) is 4.58. The van der Waals surface area contributed by atoms with E-state index in [0.717, 1.165) is 27.9 Å². The van der Waals surface area contributed by atoms with Crippen LogP contribution in [0.3, 0.4) is 0 Å². The van der Waals surface area contributed by atoms with Crippen molar-refractivity contribution in [1.82, 2.24) is 9.97 Å². The fraction of sp³-hybridized carbons (Fsp3) is 0.0345. The van der Waals surface area contributed by atoms with Gasteiger partial charge < -0.3 is 9.72 Å². The van der Waals surface area contributed by atoms with Crippen molar-refractivity contribution in [3.05, 3.63) is 131 Å². The number of para-hydroxylation sites is 2. The maximum absolute atomic E-state index is 13.5. The molecular formula is C29H21ClN2O2. The van der Waals surface area contributed by atoms with E-state index in [-0.39, 0.29) is 5.78 Å². The van der Waals surface area contributed by atoms with E-state index in [0.29, 0.717) is 28.6 Å². The van der Waals surface area contributed by atoms with E-state index in [1.54, 1.807) is 24.3 Å². The lowest BCUT2D eigenvalue weighted by molar-refractivity contribution is 0.105. The highest BCUT2D eigenvalue weighted by Crippen LogP contribution is 2.26. The number of hydrogen-bond donors (Lipinski definition) is 1. The van der Waals surface area contributed by atoms with Gasteiger partial charge in [-0.05, 0) is 65.7 Å². The molecule has 0 spiro atoms. The van der Waals surface area contributed by atoms with Crippen LogP contribution in [-0.2, 0) is 6.61 Å². The number of ether oxygens (including phenoxy) is 1. The average molecular weight is 465 g/mol. The number of rotatable bonds is 7. The van der Waals surface area contributed by atoms with Crippen LogP contribution in [0.1, 0.15) is 27.3 Å². The maximum atomic E-state index is 13.5. The first-order chi connectivity index (χ1) is 16.7. The van der Waals surface area contributed by atoms with Gasteiger partial charge in [0.05, 0.1) is 16.6 Å². The Morgan fingerprint density at radius 2 is 1.65 bits per heavy atom. The first-order valence-corrected chi connectivity index (χ1v) is 11.3. The van der Waals surface area contributed by atoms with E-state index in [2.05, 4.69) is 9.97 Å². The average Bonchev–Trinajstić information content (AvgIpc) is 3.31. The highest BCUT2D eigenvalue weighted by Gasteiger charge is 2.18. The second-order valence-electron chi connectivity index (χ2n) is 7.84. The summed E-state index contributed by atoms with van der Waals surface area (Å²) in [6, 6.07) is 32.2. The molecule has 5 heteroatoms. The van der Waals surface area contributed by atoms with E-state index in [1.165, 1.54) is 0 Å². The number of carbonyl (C=O) groups excluding carboxylic acids is 1. The van der Waals surface area contributed by atoms with Crippen molar-refractivity contribution < 1.29 is 9.53 Å². The highest BCUT2D eigenvalue weighted by atomic mass is 35.5. The van der Waals surface area contributed by atoms with E-state index in [4.69, 9.17) is 16.3 Å². The number of benzene rings is 4. The van der Waals surface area contributed by atoms with Gasteiger partial charge in [0, 0.05) is 10.6 Å². The number of carbonyl (C=O) groups is 1. The first kappa shape index (κ1) is 21.7. The maximum Gasteiger partial charge on any atom is 0.196 e. The zero-order valence-electron chi connectivity index (χ0n) is 18.2. The molecule has 1 aromatic heterocycles. The van der Waals surface area contributed by atoms with Crippen LogP contribution in [0.15, 0.2) is 103 Å². The number of allylic oxidation sites excluding steroid dienone is 1. The van der Waals surface area contributed by atoms with Crippen LogP contribution in [0.4, 0.5) is 0 Å². The highest BCUT2D eigenvalue weighted by molar-refractivity contribution is 6.33. The molecule has 0 fully saturated rings. The van der Waals surface area contributed by atoms with Gasteiger partial charge in [-0.15, -0.1) is 0 Å². The van der Waals surface area contributed by atoms with Gasteiger partial charge in [-0.3, -0.25) is 4.79 Å². The lowest BCUT2D eigenvalue weighted by atomic mass is 10.0. The molecule has 1 heterocycles. The van der Waals surface area contributed by atoms with E-state index in [9.17, 15) is 4.79 Å². The van der Waals surface area contributed by atoms with Crippen molar-refractivity contribution in [2.45, 2.75) is 6.61 Å². The number of aromatic nitrogens is 2. The van der Waals surface area contributed by atoms with Crippen LogP contribution in [0.2, 0.25) is 5.02 Å². The summed E-state index contributed by atoms with van der Waals surface area (Å²) in [6.07, 6.45) is 1.84. The third-order valence-electron chi connectivity index (χ3n) is 5.41. The smallest absolute Gasteiger partial charge is 0.196 e. The standard InChI is InChI=1S/C29H21ClN2O2/c30-23-15-13-22(14-16-23)28(33)25(29-31-26-11-4-5-12-27(26)32-29)18-21-9-6-10-24(17-21)34-19-20-7-2-1-3-8-20/h1-18H,19H2,(H,31,32)/b25-18+. The van der Waals surface area contributed by atoms with Crippen molar-refractivity contribution >= 4 is 40.1 Å². The predicted octanol–water partition coefficient (Wildman–Crippen LogP) is 7.22. The Labute approximate surface area is 202 Å². The fourth-order valence-electron chi connectivity index (χ4n) is 3.68. The molecule has 0 bridgehead atoms. The first-order valence-electron chi connectivity index (χ1n) is 10.9. The van der Waals surface area contributed by atoms with Crippen molar-refractivity contribution in [1.29, 1.82) is 0 Å². The second-order valence-corrected chi connectivity index (χ2v) is 8.28. The zero-order chi connectivity index (χ0) is 23.3. The van der Waals surface area contributed by atoms with Gasteiger partial charge in [0.15, 0.2) is 5.78 Å². The van der Waals surface area contributed by atoms with Crippen molar-refractivity contribution in [2.24, 2.45) is 0 Å². The number of ketones is 1. The number of H-pyrrole nitrogens is 1. The number of Topliss-reactive ketones (excluding diaryl/α,β-unsaturated/α-hetero) is 1. The van der Waals surface area contributed by atoms with E-state index in [1.807, 2.05) is 84.9 Å². The van der Waals surface area contributed by atoms with Gasteiger partial charge >= 0.3 is 0 Å². The van der Waals surface area contributed by atoms with Gasteiger partial charge in [0.25, 0.3) is 0 Å². The summed E-state index contributed by atoms with van der Waals surface area (Å²) in [5.74, 6) is 1.09. The topological polar surface area (TPSA) is 55.0 Å². The molecule has 0 amide bonds. The van der Waals surface area contributed by atoms with Crippen LogP contribution in [0.5, 0.6) is 5.75 Å². The largest absolute Gasteiger partial charge is 0.489 e. The van der Waals surface area contributed by atoms with Gasteiger partial charge in [-0.2, -0.15) is 0 Å². The molecule has 166 valence electrons. The van der Waals surface area contributed by atoms with Crippen LogP contribution >= 0.6 is 11.6 Å². The Morgan fingerprint density at radius 3 is 2.44 bits per heavy atom. The van der Waals surface area contributed by atoms with Gasteiger partial charge in [0.2, 0.25) is 0 Å². The SMILES string of the molecule is O=C(/C(=C\c1cccc(OCc2ccccc2)c1)c1nc2ccccc2[nH]1)c1ccc(Cl)cc1. The minimum Gasteiger partial charge on any atom is -0.489 e. The number of nitrogens with zero attached hydrogens (tertiary/aromatic N) is 1. The molecule has 1 N–H and O–H groups in total. The molecule has 4 aromatic carbocycles. The fourth-order valence-corrected chi connectivity index (χ4v) is 3.81. The Bertz CT molecular complexity index is 1440. The summed E-state index contributed by atoms with van der Waals surface area (Å²) in [6.45, 7) is 0.466. The van der Waals surface area contributed by atoms with Gasteiger partial charge in [0.1, 0.15) is 18.2 Å². The van der Waals surface area contributed by atoms with Gasteiger partial charge in [-0.25, -0.2) is 4.98 Å². The third kappa shape index (κ3) is 4.92. The molecule has 4 nitrogen and oxygen atoms in total. The third-order valence-corrected chi connectivity index (χ3v) is 5.66. The van der Waals surface area contributed by atoms with Crippen LogP contribution in [0, 0.1) is 0 Å². The molecule has 5 rings (SSSR count). The lowest BCUT2D eigenvalue weighted by Gasteiger charge is -2.08. The Morgan fingerprint density at radius 1 is 0.882 bits per heavy atom. The molecule has 34 heavy (non-hydrogen) atoms. The van der Waals surface area contributed by atoms with Crippen LogP contribution in [-0.4, -0.2) is 15.8 Å². The Balaban J connectivity index is 1.51. The zero-order valence-corrected chi connectivity index (χ0v) is 19.0. The van der Waals surface area contributed by atoms with Gasteiger partial charge in [-0.1, -0.05) is 66.2 Å². The number of imidazole rings is 1. The normalized spacial score (nSPS) is 11.5. The summed E-state index contributed by atoms with van der Waals surface area (Å²) < 4.78 is 5.97. The van der Waals surface area contributed by atoms with Crippen LogP contribution < -0.4 is 4.74 Å². The van der Waals surface area contributed by atoms with E-state index < -0.39 is 0 Å². The molecule has 0 aliphatic carbocycles. The molecule has 5 aromatic rings. The molecular weight excluding hydrogens is 444 g/mol. The molecule has 0 saturated heterocycles. The van der Waals surface area contributed by atoms with E-state index >= 15 is 0 Å². The molecule has 0 saturated carbocycles. The molecule has 0 atom stereocenters. The second kappa shape index (κ2) is 9.77. The Hall–Kier alpha value is -4.15. The van der Waals surface area contributed by atoms with Crippen molar-refractivity contribution in [3.8, 4) is 5.75 Å².